The minimum atomic E-state index is 0.263. The second-order valence-electron chi connectivity index (χ2n) is 5.08. The average molecular weight is 287 g/mol. The van der Waals surface area contributed by atoms with E-state index >= 15 is 0 Å². The van der Waals surface area contributed by atoms with Gasteiger partial charge in [0.2, 0.25) is 0 Å². The van der Waals surface area contributed by atoms with Crippen molar-refractivity contribution in [3.05, 3.63) is 48.0 Å². The van der Waals surface area contributed by atoms with Crippen molar-refractivity contribution >= 4 is 0 Å². The number of hydrogen-bond donors (Lipinski definition) is 1. The van der Waals surface area contributed by atoms with Gasteiger partial charge in [-0.05, 0) is 38.1 Å². The quantitative estimate of drug-likeness (QED) is 0.810. The average Bonchev–Trinajstić information content (AvgIpc) is 2.94. The van der Waals surface area contributed by atoms with Gasteiger partial charge in [-0.2, -0.15) is 0 Å². The molecular weight excluding hydrogens is 262 g/mol. The number of rotatable bonds is 8. The van der Waals surface area contributed by atoms with Crippen molar-refractivity contribution in [3.8, 4) is 5.75 Å². The number of nitrogens with one attached hydrogen (secondary N) is 1. The van der Waals surface area contributed by atoms with E-state index < -0.39 is 0 Å². The maximum absolute atomic E-state index is 5.49. The molecule has 21 heavy (non-hydrogen) atoms. The zero-order valence-electron chi connectivity index (χ0n) is 13.2. The Morgan fingerprint density at radius 2 is 2.00 bits per heavy atom. The van der Waals surface area contributed by atoms with Crippen molar-refractivity contribution in [2.75, 3.05) is 13.7 Å². The van der Waals surface area contributed by atoms with Gasteiger partial charge in [0.15, 0.2) is 0 Å². The summed E-state index contributed by atoms with van der Waals surface area (Å²) in [5.41, 5.74) is 1.26. The maximum atomic E-state index is 5.49. The first-order valence-electron chi connectivity index (χ1n) is 7.68. The second-order valence-corrected chi connectivity index (χ2v) is 5.08. The van der Waals surface area contributed by atoms with Gasteiger partial charge >= 0.3 is 0 Å². The lowest BCUT2D eigenvalue weighted by Gasteiger charge is -2.17. The van der Waals surface area contributed by atoms with Crippen molar-refractivity contribution in [1.29, 1.82) is 0 Å². The Bertz CT molecular complexity index is 533. The largest absolute Gasteiger partial charge is 0.494 e. The normalized spacial score (nSPS) is 12.3. The summed E-state index contributed by atoms with van der Waals surface area (Å²) in [7, 11) is 1.99. The van der Waals surface area contributed by atoms with Crippen LogP contribution in [0.3, 0.4) is 0 Å². The van der Waals surface area contributed by atoms with E-state index in [-0.39, 0.29) is 6.04 Å². The second kappa shape index (κ2) is 7.84. The first-order valence-corrected chi connectivity index (χ1v) is 7.68. The van der Waals surface area contributed by atoms with Crippen LogP contribution in [0.4, 0.5) is 0 Å². The highest BCUT2D eigenvalue weighted by atomic mass is 16.5. The van der Waals surface area contributed by atoms with Gasteiger partial charge in [-0.3, -0.25) is 0 Å². The molecule has 1 N–H and O–H groups in total. The number of aryl methyl sites for hydroxylation is 1. The molecule has 0 aliphatic carbocycles. The molecule has 1 aromatic heterocycles. The molecule has 114 valence electrons. The lowest BCUT2D eigenvalue weighted by molar-refractivity contribution is 0.340. The highest BCUT2D eigenvalue weighted by Crippen LogP contribution is 2.21. The van der Waals surface area contributed by atoms with Crippen LogP contribution in [0.15, 0.2) is 36.7 Å². The molecule has 0 aliphatic heterocycles. The minimum absolute atomic E-state index is 0.263. The third kappa shape index (κ3) is 4.08. The molecule has 4 heteroatoms. The van der Waals surface area contributed by atoms with E-state index in [0.29, 0.717) is 6.61 Å². The van der Waals surface area contributed by atoms with Crippen LogP contribution in [0.1, 0.15) is 37.7 Å². The zero-order valence-corrected chi connectivity index (χ0v) is 13.2. The Kier molecular flexibility index (Phi) is 5.81. The first kappa shape index (κ1) is 15.6. The molecule has 2 rings (SSSR count). The van der Waals surface area contributed by atoms with Gasteiger partial charge in [0, 0.05) is 31.4 Å². The van der Waals surface area contributed by atoms with E-state index in [9.17, 15) is 0 Å². The summed E-state index contributed by atoms with van der Waals surface area (Å²) in [5, 5.41) is 3.38. The Hall–Kier alpha value is -1.81. The zero-order chi connectivity index (χ0) is 15.1. The van der Waals surface area contributed by atoms with Crippen molar-refractivity contribution in [1.82, 2.24) is 14.9 Å². The third-order valence-corrected chi connectivity index (χ3v) is 3.59. The number of ether oxygens (including phenoxy) is 1. The predicted octanol–water partition coefficient (Wildman–Crippen LogP) is 3.20. The number of benzene rings is 1. The van der Waals surface area contributed by atoms with Gasteiger partial charge < -0.3 is 14.6 Å². The number of aromatic nitrogens is 2. The van der Waals surface area contributed by atoms with E-state index in [1.165, 1.54) is 5.56 Å². The SMILES string of the molecule is CCCn1ccnc1CC(NC)c1ccc(OCC)cc1. The fourth-order valence-corrected chi connectivity index (χ4v) is 2.51. The molecule has 1 unspecified atom stereocenters. The molecule has 0 fully saturated rings. The van der Waals surface area contributed by atoms with Gasteiger partial charge in [0.25, 0.3) is 0 Å². The molecule has 0 amide bonds. The molecule has 1 heterocycles. The van der Waals surface area contributed by atoms with E-state index in [4.69, 9.17) is 4.74 Å². The van der Waals surface area contributed by atoms with Crippen LogP contribution in [0.25, 0.3) is 0 Å². The van der Waals surface area contributed by atoms with Gasteiger partial charge in [0.1, 0.15) is 11.6 Å². The Morgan fingerprint density at radius 3 is 2.62 bits per heavy atom. The van der Waals surface area contributed by atoms with Crippen molar-refractivity contribution in [3.63, 3.8) is 0 Å². The number of imidazole rings is 1. The summed E-state index contributed by atoms with van der Waals surface area (Å²) in [4.78, 5) is 4.49. The topological polar surface area (TPSA) is 39.1 Å². The van der Waals surface area contributed by atoms with E-state index in [1.54, 1.807) is 0 Å². The fraction of sp³-hybridized carbons (Fsp3) is 0.471. The van der Waals surface area contributed by atoms with E-state index in [2.05, 4.69) is 40.1 Å². The monoisotopic (exact) mass is 287 g/mol. The molecular formula is C17H25N3O. The van der Waals surface area contributed by atoms with Crippen LogP contribution in [-0.4, -0.2) is 23.2 Å². The van der Waals surface area contributed by atoms with Crippen molar-refractivity contribution in [2.24, 2.45) is 0 Å². The Morgan fingerprint density at radius 1 is 1.24 bits per heavy atom. The third-order valence-electron chi connectivity index (χ3n) is 3.59. The molecule has 4 nitrogen and oxygen atoms in total. The molecule has 1 aromatic carbocycles. The van der Waals surface area contributed by atoms with Gasteiger partial charge in [-0.15, -0.1) is 0 Å². The highest BCUT2D eigenvalue weighted by molar-refractivity contribution is 5.29. The summed E-state index contributed by atoms with van der Waals surface area (Å²) in [5.74, 6) is 2.05. The lowest BCUT2D eigenvalue weighted by atomic mass is 10.0. The predicted molar refractivity (Wildman–Crippen MR) is 85.6 cm³/mol. The molecule has 0 saturated carbocycles. The van der Waals surface area contributed by atoms with E-state index in [1.807, 2.05) is 32.3 Å². The van der Waals surface area contributed by atoms with Crippen LogP contribution in [0.5, 0.6) is 5.75 Å². The number of hydrogen-bond acceptors (Lipinski definition) is 3. The standard InChI is InChI=1S/C17H25N3O/c1-4-11-20-12-10-19-17(20)13-16(18-3)14-6-8-15(9-7-14)21-5-2/h6-10,12,16,18H,4-5,11,13H2,1-3H3. The molecule has 0 bridgehead atoms. The summed E-state index contributed by atoms with van der Waals surface area (Å²) in [6.45, 7) is 5.90. The first-order chi connectivity index (χ1) is 10.3. The fourth-order valence-electron chi connectivity index (χ4n) is 2.51. The smallest absolute Gasteiger partial charge is 0.119 e. The summed E-state index contributed by atoms with van der Waals surface area (Å²) in [6.07, 6.45) is 5.95. The summed E-state index contributed by atoms with van der Waals surface area (Å²) in [6, 6.07) is 8.57. The van der Waals surface area contributed by atoms with Crippen LogP contribution >= 0.6 is 0 Å². The Balaban J connectivity index is 2.10. The molecule has 2 aromatic rings. The highest BCUT2D eigenvalue weighted by Gasteiger charge is 2.13. The van der Waals surface area contributed by atoms with E-state index in [0.717, 1.165) is 31.0 Å². The van der Waals surface area contributed by atoms with Gasteiger partial charge in [-0.1, -0.05) is 19.1 Å². The van der Waals surface area contributed by atoms with Crippen molar-refractivity contribution in [2.45, 2.75) is 39.3 Å². The van der Waals surface area contributed by atoms with Crippen molar-refractivity contribution < 1.29 is 4.74 Å². The van der Waals surface area contributed by atoms with Crippen LogP contribution in [0.2, 0.25) is 0 Å². The van der Waals surface area contributed by atoms with Crippen LogP contribution < -0.4 is 10.1 Å². The lowest BCUT2D eigenvalue weighted by Crippen LogP contribution is -2.20. The number of likely N-dealkylation sites (N-methyl/N-ethyl adjacent to an activating group) is 1. The van der Waals surface area contributed by atoms with Crippen LogP contribution in [-0.2, 0) is 13.0 Å². The molecule has 0 spiro atoms. The molecule has 0 aliphatic rings. The maximum Gasteiger partial charge on any atom is 0.119 e. The van der Waals surface area contributed by atoms with Gasteiger partial charge in [-0.25, -0.2) is 4.98 Å². The summed E-state index contributed by atoms with van der Waals surface area (Å²) >= 11 is 0. The molecule has 1 atom stereocenters. The molecule has 0 radical (unpaired) electrons. The van der Waals surface area contributed by atoms with Crippen LogP contribution in [0, 0.1) is 0 Å². The minimum Gasteiger partial charge on any atom is -0.494 e. The van der Waals surface area contributed by atoms with Gasteiger partial charge in [0.05, 0.1) is 6.61 Å². The summed E-state index contributed by atoms with van der Waals surface area (Å²) < 4.78 is 7.73. The number of nitrogens with zero attached hydrogens (tertiary/aromatic N) is 2. The Labute approximate surface area is 127 Å². The molecule has 0 saturated heterocycles.